The first-order valence-electron chi connectivity index (χ1n) is 9.51. The van der Waals surface area contributed by atoms with Gasteiger partial charge in [0, 0.05) is 11.6 Å². The zero-order valence-corrected chi connectivity index (χ0v) is 18.0. The van der Waals surface area contributed by atoms with Crippen molar-refractivity contribution in [3.05, 3.63) is 29.8 Å². The predicted octanol–water partition coefficient (Wildman–Crippen LogP) is 5.07. The van der Waals surface area contributed by atoms with E-state index in [1.165, 1.54) is 17.3 Å². The van der Waals surface area contributed by atoms with Crippen LogP contribution >= 0.6 is 11.8 Å². The molecule has 1 aromatic carbocycles. The van der Waals surface area contributed by atoms with Crippen LogP contribution in [-0.4, -0.2) is 27.9 Å². The third-order valence-corrected chi connectivity index (χ3v) is 5.13. The molecule has 27 heavy (non-hydrogen) atoms. The van der Waals surface area contributed by atoms with Gasteiger partial charge in [-0.1, -0.05) is 58.5 Å². The summed E-state index contributed by atoms with van der Waals surface area (Å²) in [5.74, 6) is 1.39. The standard InChI is InChI=1S/C21H31N3O2S/c1-14(2)7-8-15(3)22-18(25)13-27-20-24-23-19(26-20)16-9-11-17(12-10-16)21(4,5)6/h9-12,14-15H,7-8,13H2,1-6H3,(H,22,25)/t15-/m1/s1. The zero-order chi connectivity index (χ0) is 20.0. The van der Waals surface area contributed by atoms with Gasteiger partial charge < -0.3 is 9.73 Å². The number of carbonyl (C=O) groups is 1. The quantitative estimate of drug-likeness (QED) is 0.639. The van der Waals surface area contributed by atoms with Crippen LogP contribution in [0.15, 0.2) is 33.9 Å². The number of carbonyl (C=O) groups excluding carboxylic acids is 1. The predicted molar refractivity (Wildman–Crippen MR) is 111 cm³/mol. The van der Waals surface area contributed by atoms with Crippen LogP contribution in [0.1, 0.15) is 59.9 Å². The molecule has 2 rings (SSSR count). The van der Waals surface area contributed by atoms with E-state index in [4.69, 9.17) is 4.42 Å². The van der Waals surface area contributed by atoms with Gasteiger partial charge in [0.15, 0.2) is 0 Å². The van der Waals surface area contributed by atoms with E-state index >= 15 is 0 Å². The van der Waals surface area contributed by atoms with Crippen molar-refractivity contribution in [3.8, 4) is 11.5 Å². The van der Waals surface area contributed by atoms with Gasteiger partial charge in [0.05, 0.1) is 5.75 Å². The maximum Gasteiger partial charge on any atom is 0.277 e. The van der Waals surface area contributed by atoms with Gasteiger partial charge in [-0.25, -0.2) is 0 Å². The van der Waals surface area contributed by atoms with Gasteiger partial charge >= 0.3 is 0 Å². The number of rotatable bonds is 8. The summed E-state index contributed by atoms with van der Waals surface area (Å²) < 4.78 is 5.69. The molecule has 0 saturated carbocycles. The average Bonchev–Trinajstić information content (AvgIpc) is 3.06. The first kappa shape index (κ1) is 21.5. The van der Waals surface area contributed by atoms with E-state index in [0.717, 1.165) is 18.4 Å². The van der Waals surface area contributed by atoms with Crippen LogP contribution in [0, 0.1) is 5.92 Å². The molecule has 0 aliphatic heterocycles. The normalized spacial score (nSPS) is 13.0. The van der Waals surface area contributed by atoms with Crippen LogP contribution in [0.5, 0.6) is 0 Å². The fraction of sp³-hybridized carbons (Fsp3) is 0.571. The molecule has 5 nitrogen and oxygen atoms in total. The van der Waals surface area contributed by atoms with E-state index in [-0.39, 0.29) is 23.1 Å². The smallest absolute Gasteiger partial charge is 0.277 e. The van der Waals surface area contributed by atoms with Crippen LogP contribution in [0.4, 0.5) is 0 Å². The number of aromatic nitrogens is 2. The highest BCUT2D eigenvalue weighted by Gasteiger charge is 2.16. The highest BCUT2D eigenvalue weighted by atomic mass is 32.2. The topological polar surface area (TPSA) is 68.0 Å². The van der Waals surface area contributed by atoms with Crippen LogP contribution in [0.2, 0.25) is 0 Å². The number of amides is 1. The number of benzene rings is 1. The minimum atomic E-state index is -0.00876. The Labute approximate surface area is 166 Å². The molecule has 148 valence electrons. The Bertz CT molecular complexity index is 733. The lowest BCUT2D eigenvalue weighted by atomic mass is 9.87. The molecule has 0 aliphatic carbocycles. The van der Waals surface area contributed by atoms with Crippen LogP contribution in [-0.2, 0) is 10.2 Å². The van der Waals surface area contributed by atoms with E-state index in [2.05, 4.69) is 62.3 Å². The highest BCUT2D eigenvalue weighted by molar-refractivity contribution is 7.99. The van der Waals surface area contributed by atoms with Crippen molar-refractivity contribution in [1.82, 2.24) is 15.5 Å². The summed E-state index contributed by atoms with van der Waals surface area (Å²) >= 11 is 1.27. The zero-order valence-electron chi connectivity index (χ0n) is 17.2. The molecule has 6 heteroatoms. The Morgan fingerprint density at radius 1 is 1.11 bits per heavy atom. The first-order valence-corrected chi connectivity index (χ1v) is 10.5. The van der Waals surface area contributed by atoms with Gasteiger partial charge in [0.1, 0.15) is 0 Å². The maximum atomic E-state index is 12.1. The molecule has 0 saturated heterocycles. The summed E-state index contributed by atoms with van der Waals surface area (Å²) in [7, 11) is 0. The van der Waals surface area contributed by atoms with Crippen molar-refractivity contribution in [2.45, 2.75) is 71.1 Å². The van der Waals surface area contributed by atoms with Crippen molar-refractivity contribution >= 4 is 17.7 Å². The van der Waals surface area contributed by atoms with Crippen molar-refractivity contribution < 1.29 is 9.21 Å². The average molecular weight is 390 g/mol. The number of nitrogens with one attached hydrogen (secondary N) is 1. The lowest BCUT2D eigenvalue weighted by Crippen LogP contribution is -2.34. The minimum Gasteiger partial charge on any atom is -0.411 e. The van der Waals surface area contributed by atoms with Crippen LogP contribution < -0.4 is 5.32 Å². The van der Waals surface area contributed by atoms with Crippen molar-refractivity contribution in [1.29, 1.82) is 0 Å². The van der Waals surface area contributed by atoms with Gasteiger partial charge in [-0.2, -0.15) is 0 Å². The Kier molecular flexibility index (Phi) is 7.48. The molecule has 0 bridgehead atoms. The van der Waals surface area contributed by atoms with Gasteiger partial charge in [-0.15, -0.1) is 10.2 Å². The molecule has 0 aliphatic rings. The third kappa shape index (κ3) is 7.01. The Balaban J connectivity index is 1.86. The van der Waals surface area contributed by atoms with Crippen molar-refractivity contribution in [2.24, 2.45) is 5.92 Å². The first-order chi connectivity index (χ1) is 12.6. The lowest BCUT2D eigenvalue weighted by molar-refractivity contribution is -0.119. The largest absolute Gasteiger partial charge is 0.411 e. The van der Waals surface area contributed by atoms with E-state index in [1.54, 1.807) is 0 Å². The van der Waals surface area contributed by atoms with E-state index in [0.29, 0.717) is 17.0 Å². The highest BCUT2D eigenvalue weighted by Crippen LogP contribution is 2.27. The van der Waals surface area contributed by atoms with Crippen molar-refractivity contribution in [2.75, 3.05) is 5.75 Å². The molecule has 0 spiro atoms. The molecule has 1 aromatic heterocycles. The van der Waals surface area contributed by atoms with Gasteiger partial charge in [-0.05, 0) is 48.8 Å². The molecule has 0 fully saturated rings. The molecule has 1 N–H and O–H groups in total. The number of hydrogen-bond acceptors (Lipinski definition) is 5. The monoisotopic (exact) mass is 389 g/mol. The van der Waals surface area contributed by atoms with Crippen LogP contribution in [0.25, 0.3) is 11.5 Å². The van der Waals surface area contributed by atoms with Gasteiger partial charge in [0.2, 0.25) is 11.8 Å². The summed E-state index contributed by atoms with van der Waals surface area (Å²) in [5.41, 5.74) is 2.24. The SMILES string of the molecule is CC(C)CC[C@@H](C)NC(=O)CSc1nnc(-c2ccc(C(C)(C)C)cc2)o1. The van der Waals surface area contributed by atoms with Crippen LogP contribution in [0.3, 0.4) is 0 Å². The summed E-state index contributed by atoms with van der Waals surface area (Å²) in [6, 6.07) is 8.33. The summed E-state index contributed by atoms with van der Waals surface area (Å²) in [6.07, 6.45) is 2.10. The lowest BCUT2D eigenvalue weighted by Gasteiger charge is -2.18. The number of hydrogen-bond donors (Lipinski definition) is 1. The molecular weight excluding hydrogens is 358 g/mol. The van der Waals surface area contributed by atoms with Crippen molar-refractivity contribution in [3.63, 3.8) is 0 Å². The molecule has 0 unspecified atom stereocenters. The fourth-order valence-corrected chi connectivity index (χ4v) is 3.17. The summed E-state index contributed by atoms with van der Waals surface area (Å²) in [4.78, 5) is 12.1. The number of thioether (sulfide) groups is 1. The molecule has 1 heterocycles. The molecular formula is C21H31N3O2S. The van der Waals surface area contributed by atoms with E-state index in [1.807, 2.05) is 19.1 Å². The Morgan fingerprint density at radius 3 is 2.37 bits per heavy atom. The third-order valence-electron chi connectivity index (χ3n) is 4.32. The second-order valence-electron chi connectivity index (χ2n) is 8.43. The second-order valence-corrected chi connectivity index (χ2v) is 9.36. The maximum absolute atomic E-state index is 12.1. The summed E-state index contributed by atoms with van der Waals surface area (Å²) in [5, 5.41) is 11.6. The fourth-order valence-electron chi connectivity index (χ4n) is 2.60. The second kappa shape index (κ2) is 9.40. The number of nitrogens with zero attached hydrogens (tertiary/aromatic N) is 2. The Morgan fingerprint density at radius 2 is 1.78 bits per heavy atom. The molecule has 2 aromatic rings. The van der Waals surface area contributed by atoms with Gasteiger partial charge in [-0.3, -0.25) is 4.79 Å². The minimum absolute atomic E-state index is 0.00876. The molecule has 1 amide bonds. The molecule has 0 radical (unpaired) electrons. The summed E-state index contributed by atoms with van der Waals surface area (Å²) in [6.45, 7) is 13.0. The van der Waals surface area contributed by atoms with Gasteiger partial charge in [0.25, 0.3) is 5.22 Å². The Hall–Kier alpha value is -1.82. The van der Waals surface area contributed by atoms with E-state index in [9.17, 15) is 4.79 Å². The van der Waals surface area contributed by atoms with E-state index < -0.39 is 0 Å². The molecule has 1 atom stereocenters.